The van der Waals surface area contributed by atoms with Crippen molar-refractivity contribution < 1.29 is 17.9 Å². The Kier molecular flexibility index (Phi) is 6.51. The molecule has 7 heteroatoms. The van der Waals surface area contributed by atoms with Crippen molar-refractivity contribution in [3.8, 4) is 5.75 Å². The van der Waals surface area contributed by atoms with Crippen LogP contribution < -0.4 is 10.1 Å². The molecule has 0 spiro atoms. The van der Waals surface area contributed by atoms with Gasteiger partial charge in [0.15, 0.2) is 6.61 Å². The maximum Gasteiger partial charge on any atom is 0.262 e. The first kappa shape index (κ1) is 20.8. The van der Waals surface area contributed by atoms with Gasteiger partial charge in [-0.1, -0.05) is 50.2 Å². The number of carbonyl (C=O) groups is 1. The molecule has 3 aromatic carbocycles. The maximum absolute atomic E-state index is 12.6. The second-order valence-corrected chi connectivity index (χ2v) is 8.40. The fourth-order valence-electron chi connectivity index (χ4n) is 3.05. The molecule has 1 N–H and O–H groups in total. The van der Waals surface area contributed by atoms with Crippen molar-refractivity contribution in [2.75, 3.05) is 25.0 Å². The fraction of sp³-hybridized carbons (Fsp3) is 0.227. The summed E-state index contributed by atoms with van der Waals surface area (Å²) >= 11 is 0. The Balaban J connectivity index is 1.66. The second kappa shape index (κ2) is 9.07. The molecule has 0 aliphatic heterocycles. The van der Waals surface area contributed by atoms with Crippen molar-refractivity contribution in [3.05, 3.63) is 66.7 Å². The van der Waals surface area contributed by atoms with Crippen LogP contribution in [0, 0.1) is 0 Å². The van der Waals surface area contributed by atoms with E-state index in [1.807, 2.05) is 42.5 Å². The van der Waals surface area contributed by atoms with Crippen LogP contribution in [0.1, 0.15) is 13.8 Å². The lowest BCUT2D eigenvalue weighted by Gasteiger charge is -2.18. The largest absolute Gasteiger partial charge is 0.484 e. The van der Waals surface area contributed by atoms with Gasteiger partial charge in [-0.3, -0.25) is 4.79 Å². The molecule has 29 heavy (non-hydrogen) atoms. The van der Waals surface area contributed by atoms with E-state index in [1.54, 1.807) is 26.0 Å². The molecule has 0 fully saturated rings. The van der Waals surface area contributed by atoms with Gasteiger partial charge in [0.2, 0.25) is 10.0 Å². The third kappa shape index (κ3) is 4.93. The van der Waals surface area contributed by atoms with Crippen LogP contribution in [0.25, 0.3) is 10.8 Å². The number of hydrogen-bond donors (Lipinski definition) is 1. The van der Waals surface area contributed by atoms with Gasteiger partial charge in [-0.15, -0.1) is 0 Å². The Morgan fingerprint density at radius 1 is 0.931 bits per heavy atom. The zero-order valence-corrected chi connectivity index (χ0v) is 17.3. The van der Waals surface area contributed by atoms with Crippen LogP contribution in [0.4, 0.5) is 5.69 Å². The minimum absolute atomic E-state index is 0.148. The summed E-state index contributed by atoms with van der Waals surface area (Å²) in [4.78, 5) is 12.4. The van der Waals surface area contributed by atoms with Crippen LogP contribution in [0.15, 0.2) is 71.6 Å². The number of rotatable bonds is 8. The molecule has 3 aromatic rings. The Hall–Kier alpha value is -2.90. The average molecular weight is 413 g/mol. The van der Waals surface area contributed by atoms with Gasteiger partial charge < -0.3 is 10.1 Å². The van der Waals surface area contributed by atoms with Crippen molar-refractivity contribution in [3.63, 3.8) is 0 Å². The SMILES string of the molecule is CCN(CC)S(=O)(=O)c1cccc(NC(=O)COc2ccc3ccccc3c2)c1. The molecule has 0 bridgehead atoms. The van der Waals surface area contributed by atoms with E-state index < -0.39 is 10.0 Å². The number of sulfonamides is 1. The van der Waals surface area contributed by atoms with Gasteiger partial charge in [0.1, 0.15) is 5.75 Å². The Morgan fingerprint density at radius 2 is 1.66 bits per heavy atom. The number of ether oxygens (including phenoxy) is 1. The van der Waals surface area contributed by atoms with E-state index in [0.717, 1.165) is 10.8 Å². The van der Waals surface area contributed by atoms with Gasteiger partial charge in [-0.05, 0) is 41.1 Å². The Labute approximate surface area is 171 Å². The molecule has 0 heterocycles. The number of hydrogen-bond acceptors (Lipinski definition) is 4. The van der Waals surface area contributed by atoms with Gasteiger partial charge in [-0.25, -0.2) is 8.42 Å². The first-order chi connectivity index (χ1) is 13.9. The maximum atomic E-state index is 12.6. The molecule has 0 atom stereocenters. The third-order valence-electron chi connectivity index (χ3n) is 4.55. The fourth-order valence-corrected chi connectivity index (χ4v) is 4.55. The topological polar surface area (TPSA) is 75.7 Å². The molecule has 0 radical (unpaired) electrons. The lowest BCUT2D eigenvalue weighted by molar-refractivity contribution is -0.118. The molecule has 0 unspecified atom stereocenters. The minimum Gasteiger partial charge on any atom is -0.484 e. The number of anilines is 1. The molecule has 0 aliphatic carbocycles. The minimum atomic E-state index is -3.58. The van der Waals surface area contributed by atoms with Gasteiger partial charge in [0.25, 0.3) is 5.91 Å². The van der Waals surface area contributed by atoms with Crippen LogP contribution >= 0.6 is 0 Å². The van der Waals surface area contributed by atoms with Crippen molar-refractivity contribution in [1.82, 2.24) is 4.31 Å². The second-order valence-electron chi connectivity index (χ2n) is 6.46. The van der Waals surface area contributed by atoms with Gasteiger partial charge in [0, 0.05) is 18.8 Å². The van der Waals surface area contributed by atoms with E-state index in [4.69, 9.17) is 4.74 Å². The molecule has 0 aromatic heterocycles. The third-order valence-corrected chi connectivity index (χ3v) is 6.60. The highest BCUT2D eigenvalue weighted by atomic mass is 32.2. The molecule has 1 amide bonds. The summed E-state index contributed by atoms with van der Waals surface area (Å²) in [5.41, 5.74) is 0.408. The number of fused-ring (bicyclic) bond motifs is 1. The van der Waals surface area contributed by atoms with Crippen LogP contribution in [-0.2, 0) is 14.8 Å². The van der Waals surface area contributed by atoms with Crippen molar-refractivity contribution in [2.24, 2.45) is 0 Å². The highest BCUT2D eigenvalue weighted by Crippen LogP contribution is 2.21. The summed E-state index contributed by atoms with van der Waals surface area (Å²) in [6, 6.07) is 19.7. The summed E-state index contributed by atoms with van der Waals surface area (Å²) in [5.74, 6) is 0.229. The summed E-state index contributed by atoms with van der Waals surface area (Å²) in [5, 5.41) is 4.81. The quantitative estimate of drug-likeness (QED) is 0.609. The summed E-state index contributed by atoms with van der Waals surface area (Å²) in [6.07, 6.45) is 0. The number of benzene rings is 3. The van der Waals surface area contributed by atoms with Gasteiger partial charge >= 0.3 is 0 Å². The molecule has 152 valence electrons. The summed E-state index contributed by atoms with van der Waals surface area (Å²) < 4.78 is 32.2. The van der Waals surface area contributed by atoms with Crippen molar-refractivity contribution >= 4 is 32.4 Å². The molecular formula is C22H24N2O4S. The monoisotopic (exact) mass is 412 g/mol. The summed E-state index contributed by atoms with van der Waals surface area (Å²) in [7, 11) is -3.58. The van der Waals surface area contributed by atoms with E-state index in [-0.39, 0.29) is 17.4 Å². The van der Waals surface area contributed by atoms with E-state index in [1.165, 1.54) is 16.4 Å². The number of amides is 1. The zero-order valence-electron chi connectivity index (χ0n) is 16.5. The highest BCUT2D eigenvalue weighted by Gasteiger charge is 2.21. The summed E-state index contributed by atoms with van der Waals surface area (Å²) in [6.45, 7) is 4.17. The first-order valence-corrected chi connectivity index (χ1v) is 10.9. The van der Waals surface area contributed by atoms with Gasteiger partial charge in [-0.2, -0.15) is 4.31 Å². The first-order valence-electron chi connectivity index (χ1n) is 9.45. The van der Waals surface area contributed by atoms with Crippen LogP contribution in [0.3, 0.4) is 0 Å². The highest BCUT2D eigenvalue weighted by molar-refractivity contribution is 7.89. The molecule has 0 aliphatic rings. The molecule has 0 saturated carbocycles. The predicted molar refractivity (Wildman–Crippen MR) is 115 cm³/mol. The van der Waals surface area contributed by atoms with E-state index >= 15 is 0 Å². The number of nitrogens with one attached hydrogen (secondary N) is 1. The lowest BCUT2D eigenvalue weighted by atomic mass is 10.1. The molecule has 6 nitrogen and oxygen atoms in total. The van der Waals surface area contributed by atoms with E-state index in [9.17, 15) is 13.2 Å². The van der Waals surface area contributed by atoms with Crippen LogP contribution in [0.5, 0.6) is 5.75 Å². The molecule has 3 rings (SSSR count). The molecular weight excluding hydrogens is 388 g/mol. The van der Waals surface area contributed by atoms with E-state index in [0.29, 0.717) is 24.5 Å². The van der Waals surface area contributed by atoms with Crippen LogP contribution in [0.2, 0.25) is 0 Å². The smallest absolute Gasteiger partial charge is 0.262 e. The normalized spacial score (nSPS) is 11.6. The Morgan fingerprint density at radius 3 is 2.38 bits per heavy atom. The van der Waals surface area contributed by atoms with Crippen LogP contribution in [-0.4, -0.2) is 38.3 Å². The average Bonchev–Trinajstić information content (AvgIpc) is 2.73. The number of nitrogens with zero attached hydrogens (tertiary/aromatic N) is 1. The standard InChI is InChI=1S/C22H24N2O4S/c1-3-24(4-2)29(26,27)21-11-7-10-19(15-21)23-22(25)16-28-20-13-12-17-8-5-6-9-18(17)14-20/h5-15H,3-4,16H2,1-2H3,(H,23,25). The molecule has 0 saturated heterocycles. The Bertz CT molecular complexity index is 1110. The van der Waals surface area contributed by atoms with Crippen molar-refractivity contribution in [2.45, 2.75) is 18.7 Å². The van der Waals surface area contributed by atoms with E-state index in [2.05, 4.69) is 5.32 Å². The number of carbonyl (C=O) groups excluding carboxylic acids is 1. The lowest BCUT2D eigenvalue weighted by Crippen LogP contribution is -2.30. The predicted octanol–water partition coefficient (Wildman–Crippen LogP) is 3.89. The van der Waals surface area contributed by atoms with Crippen molar-refractivity contribution in [1.29, 1.82) is 0 Å². The van der Waals surface area contributed by atoms with Gasteiger partial charge in [0.05, 0.1) is 4.90 Å². The zero-order chi connectivity index (χ0) is 20.9.